The first-order valence-electron chi connectivity index (χ1n) is 9.98. The standard InChI is InChI=1S/C24H23ClO2/c1-13-2-3-17(14-8-10-18(25)11-9-14)12-19(13)22-23(26)20-15-4-5-16(7-6-15)21(20)24(22)27/h2-3,8-12,15-16,20-22H,4-7H2,1H3/t15?,16?,20-,21+,22?. The monoisotopic (exact) mass is 378 g/mol. The van der Waals surface area contributed by atoms with E-state index in [4.69, 9.17) is 11.6 Å². The fraction of sp³-hybridized carbons (Fsp3) is 0.417. The first kappa shape index (κ1) is 17.2. The third kappa shape index (κ3) is 2.61. The Hall–Kier alpha value is -1.93. The first-order valence-corrected chi connectivity index (χ1v) is 10.4. The Morgan fingerprint density at radius 1 is 0.778 bits per heavy atom. The quantitative estimate of drug-likeness (QED) is 0.637. The maximum Gasteiger partial charge on any atom is 0.151 e. The van der Waals surface area contributed by atoms with Crippen molar-refractivity contribution in [3.05, 3.63) is 58.6 Å². The van der Waals surface area contributed by atoms with Crippen LogP contribution in [0.4, 0.5) is 0 Å². The molecule has 4 aliphatic rings. The minimum absolute atomic E-state index is 0.0198. The van der Waals surface area contributed by atoms with E-state index in [0.29, 0.717) is 16.9 Å². The van der Waals surface area contributed by atoms with Crippen molar-refractivity contribution in [2.75, 3.05) is 0 Å². The Bertz CT molecular complexity index is 892. The van der Waals surface area contributed by atoms with Crippen molar-refractivity contribution in [3.8, 4) is 11.1 Å². The number of hydrogen-bond donors (Lipinski definition) is 0. The summed E-state index contributed by atoms with van der Waals surface area (Å²) >= 11 is 6.01. The molecular formula is C24H23ClO2. The first-order chi connectivity index (χ1) is 13.0. The van der Waals surface area contributed by atoms with Crippen LogP contribution in [0.5, 0.6) is 0 Å². The summed E-state index contributed by atoms with van der Waals surface area (Å²) in [5.74, 6) is 0.643. The van der Waals surface area contributed by atoms with Crippen LogP contribution in [0, 0.1) is 30.6 Å². The predicted molar refractivity (Wildman–Crippen MR) is 107 cm³/mol. The van der Waals surface area contributed by atoms with E-state index in [1.165, 1.54) is 0 Å². The minimum atomic E-state index is -0.562. The lowest BCUT2D eigenvalue weighted by Crippen LogP contribution is -2.41. The zero-order valence-corrected chi connectivity index (χ0v) is 16.2. The fourth-order valence-electron chi connectivity index (χ4n) is 5.87. The second-order valence-corrected chi connectivity index (χ2v) is 8.98. The topological polar surface area (TPSA) is 34.1 Å². The molecule has 0 spiro atoms. The summed E-state index contributed by atoms with van der Waals surface area (Å²) < 4.78 is 0. The van der Waals surface area contributed by atoms with Gasteiger partial charge in [-0.25, -0.2) is 0 Å². The molecule has 4 aliphatic carbocycles. The van der Waals surface area contributed by atoms with Crippen molar-refractivity contribution >= 4 is 23.2 Å². The molecule has 6 rings (SSSR count). The van der Waals surface area contributed by atoms with E-state index in [-0.39, 0.29) is 23.4 Å². The average molecular weight is 379 g/mol. The Labute approximate surface area is 164 Å². The summed E-state index contributed by atoms with van der Waals surface area (Å²) in [5.41, 5.74) is 4.03. The van der Waals surface area contributed by atoms with E-state index in [2.05, 4.69) is 12.1 Å². The maximum absolute atomic E-state index is 13.3. The van der Waals surface area contributed by atoms with Crippen molar-refractivity contribution in [2.45, 2.75) is 38.5 Å². The van der Waals surface area contributed by atoms with E-state index in [1.54, 1.807) is 0 Å². The van der Waals surface area contributed by atoms with Gasteiger partial charge in [0, 0.05) is 16.9 Å². The molecule has 2 nitrogen and oxygen atoms in total. The number of fused-ring (bicyclic) bond motifs is 2. The lowest BCUT2D eigenvalue weighted by molar-refractivity contribution is -0.129. The second-order valence-electron chi connectivity index (χ2n) is 8.54. The number of hydrogen-bond acceptors (Lipinski definition) is 2. The lowest BCUT2D eigenvalue weighted by atomic mass is 9.59. The fourth-order valence-corrected chi connectivity index (χ4v) is 6.00. The molecule has 0 aromatic heterocycles. The van der Waals surface area contributed by atoms with Crippen LogP contribution in [0.25, 0.3) is 11.1 Å². The summed E-state index contributed by atoms with van der Waals surface area (Å²) in [6.45, 7) is 2.01. The van der Waals surface area contributed by atoms with E-state index < -0.39 is 5.92 Å². The van der Waals surface area contributed by atoms with Crippen molar-refractivity contribution in [2.24, 2.45) is 23.7 Å². The molecule has 2 bridgehead atoms. The van der Waals surface area contributed by atoms with Crippen molar-refractivity contribution < 1.29 is 9.59 Å². The minimum Gasteiger partial charge on any atom is -0.298 e. The molecule has 2 aromatic rings. The van der Waals surface area contributed by atoms with Gasteiger partial charge in [-0.15, -0.1) is 0 Å². The number of carbonyl (C=O) groups is 2. The van der Waals surface area contributed by atoms with Gasteiger partial charge >= 0.3 is 0 Å². The van der Waals surface area contributed by atoms with Gasteiger partial charge < -0.3 is 0 Å². The van der Waals surface area contributed by atoms with Gasteiger partial charge in [0.05, 0.1) is 0 Å². The largest absolute Gasteiger partial charge is 0.298 e. The smallest absolute Gasteiger partial charge is 0.151 e. The second kappa shape index (κ2) is 6.31. The maximum atomic E-state index is 13.3. The van der Waals surface area contributed by atoms with Gasteiger partial charge in [-0.1, -0.05) is 35.9 Å². The van der Waals surface area contributed by atoms with Gasteiger partial charge in [0.2, 0.25) is 0 Å². The Balaban J connectivity index is 1.56. The zero-order valence-electron chi connectivity index (χ0n) is 15.5. The Kier molecular flexibility index (Phi) is 4.01. The number of rotatable bonds is 2. The van der Waals surface area contributed by atoms with E-state index >= 15 is 0 Å². The highest BCUT2D eigenvalue weighted by atomic mass is 35.5. The van der Waals surface area contributed by atoms with Gasteiger partial charge in [0.15, 0.2) is 11.6 Å². The normalized spacial score (nSPS) is 32.0. The van der Waals surface area contributed by atoms with Gasteiger partial charge in [-0.05, 0) is 84.9 Å². The van der Waals surface area contributed by atoms with Gasteiger partial charge in [-0.3, -0.25) is 9.59 Å². The van der Waals surface area contributed by atoms with Gasteiger partial charge in [0.25, 0.3) is 0 Å². The molecule has 3 atom stereocenters. The van der Waals surface area contributed by atoms with Crippen molar-refractivity contribution in [3.63, 3.8) is 0 Å². The third-order valence-corrected chi connectivity index (χ3v) is 7.47. The molecule has 0 radical (unpaired) electrons. The van der Waals surface area contributed by atoms with Crippen LogP contribution in [0.2, 0.25) is 5.02 Å². The van der Waals surface area contributed by atoms with Gasteiger partial charge in [-0.2, -0.15) is 0 Å². The van der Waals surface area contributed by atoms with Crippen molar-refractivity contribution in [1.82, 2.24) is 0 Å². The van der Waals surface area contributed by atoms with Crippen LogP contribution in [0.15, 0.2) is 42.5 Å². The number of ketones is 2. The van der Waals surface area contributed by atoms with Crippen LogP contribution >= 0.6 is 11.6 Å². The average Bonchev–Trinajstić information content (AvgIpc) is 2.97. The van der Waals surface area contributed by atoms with Crippen LogP contribution < -0.4 is 0 Å². The lowest BCUT2D eigenvalue weighted by Gasteiger charge is -2.43. The third-order valence-electron chi connectivity index (χ3n) is 7.21. The molecule has 0 heterocycles. The van der Waals surface area contributed by atoms with E-state index in [1.807, 2.05) is 37.3 Å². The van der Waals surface area contributed by atoms with Crippen LogP contribution in [-0.2, 0) is 9.59 Å². The van der Waals surface area contributed by atoms with Crippen LogP contribution in [0.3, 0.4) is 0 Å². The van der Waals surface area contributed by atoms with Gasteiger partial charge in [0.1, 0.15) is 5.92 Å². The summed E-state index contributed by atoms with van der Waals surface area (Å²) in [6, 6.07) is 13.9. The molecule has 2 aromatic carbocycles. The molecule has 1 unspecified atom stereocenters. The SMILES string of the molecule is Cc1ccc(-c2ccc(Cl)cc2)cc1C1C(=O)[C@@H]2C3CCC(CC3)[C@@H]2C1=O. The highest BCUT2D eigenvalue weighted by Gasteiger charge is 2.58. The molecule has 0 saturated heterocycles. The highest BCUT2D eigenvalue weighted by Crippen LogP contribution is 2.56. The molecule has 4 fully saturated rings. The number of benzene rings is 2. The van der Waals surface area contributed by atoms with Crippen molar-refractivity contribution in [1.29, 1.82) is 0 Å². The van der Waals surface area contributed by atoms with Crippen LogP contribution in [0.1, 0.15) is 42.7 Å². The molecule has 0 amide bonds. The Morgan fingerprint density at radius 2 is 1.30 bits per heavy atom. The van der Waals surface area contributed by atoms with E-state index in [0.717, 1.165) is 47.9 Å². The molecule has 138 valence electrons. The predicted octanol–water partition coefficient (Wildman–Crippen LogP) is 5.60. The number of carbonyl (C=O) groups excluding carboxylic acids is 2. The summed E-state index contributed by atoms with van der Waals surface area (Å²) in [4.78, 5) is 26.7. The molecule has 4 saturated carbocycles. The highest BCUT2D eigenvalue weighted by molar-refractivity contribution is 6.30. The summed E-state index contributed by atoms with van der Waals surface area (Å²) in [6.07, 6.45) is 4.51. The Morgan fingerprint density at radius 3 is 1.85 bits per heavy atom. The molecule has 27 heavy (non-hydrogen) atoms. The van der Waals surface area contributed by atoms with E-state index in [9.17, 15) is 9.59 Å². The summed E-state index contributed by atoms with van der Waals surface area (Å²) in [7, 11) is 0. The molecule has 3 heteroatoms. The number of Topliss-reactive ketones (excluding diaryl/α,β-unsaturated/α-hetero) is 2. The molecule has 0 N–H and O–H groups in total. The summed E-state index contributed by atoms with van der Waals surface area (Å²) in [5, 5.41) is 0.701. The number of halogens is 1. The van der Waals surface area contributed by atoms with Crippen LogP contribution in [-0.4, -0.2) is 11.6 Å². The zero-order chi connectivity index (χ0) is 18.7. The molecule has 0 aliphatic heterocycles. The number of aryl methyl sites for hydroxylation is 1. The molecular weight excluding hydrogens is 356 g/mol.